The van der Waals surface area contributed by atoms with Crippen molar-refractivity contribution >= 4 is 17.2 Å². The number of carbonyl (C=O) groups excluding carboxylic acids is 1. The van der Waals surface area contributed by atoms with Crippen molar-refractivity contribution in [2.24, 2.45) is 0 Å². The summed E-state index contributed by atoms with van der Waals surface area (Å²) in [6, 6.07) is 15.2. The Kier molecular flexibility index (Phi) is 6.76. The Morgan fingerprint density at radius 2 is 1.75 bits per heavy atom. The lowest BCUT2D eigenvalue weighted by molar-refractivity contribution is -0.120. The minimum atomic E-state index is -0.129. The van der Waals surface area contributed by atoms with Crippen LogP contribution < -0.4 is 14.8 Å². The number of hydrogen-bond donors (Lipinski definition) is 2. The summed E-state index contributed by atoms with van der Waals surface area (Å²) >= 11 is 1.51. The highest BCUT2D eigenvalue weighted by atomic mass is 32.1. The van der Waals surface area contributed by atoms with Crippen molar-refractivity contribution in [2.45, 2.75) is 19.9 Å². The minimum Gasteiger partial charge on any atom is -0.497 e. The van der Waals surface area contributed by atoms with Gasteiger partial charge in [0.1, 0.15) is 22.3 Å². The van der Waals surface area contributed by atoms with E-state index < -0.39 is 0 Å². The maximum Gasteiger partial charge on any atom is 0.226 e. The zero-order valence-corrected chi connectivity index (χ0v) is 18.6. The van der Waals surface area contributed by atoms with Crippen LogP contribution in [0.2, 0.25) is 0 Å². The lowest BCUT2D eigenvalue weighted by Crippen LogP contribution is -2.25. The fourth-order valence-electron chi connectivity index (χ4n) is 3.03. The third-order valence-electron chi connectivity index (χ3n) is 4.64. The summed E-state index contributed by atoms with van der Waals surface area (Å²) < 4.78 is 10.6. The van der Waals surface area contributed by atoms with Crippen molar-refractivity contribution in [1.82, 2.24) is 25.5 Å². The van der Waals surface area contributed by atoms with E-state index in [0.29, 0.717) is 18.3 Å². The van der Waals surface area contributed by atoms with Crippen molar-refractivity contribution in [3.8, 4) is 33.5 Å². The molecule has 0 aliphatic carbocycles. The molecule has 1 amide bonds. The van der Waals surface area contributed by atoms with Crippen molar-refractivity contribution < 1.29 is 14.3 Å². The number of thiazole rings is 1. The van der Waals surface area contributed by atoms with E-state index in [2.05, 4.69) is 25.5 Å². The number of amides is 1. The normalized spacial score (nSPS) is 10.7. The molecule has 8 nitrogen and oxygen atoms in total. The average molecular weight is 450 g/mol. The molecule has 0 saturated heterocycles. The second kappa shape index (κ2) is 10.1. The van der Waals surface area contributed by atoms with Gasteiger partial charge >= 0.3 is 0 Å². The predicted octanol–water partition coefficient (Wildman–Crippen LogP) is 3.86. The molecule has 4 rings (SSSR count). The summed E-state index contributed by atoms with van der Waals surface area (Å²) in [4.78, 5) is 21.4. The number of nitrogens with one attached hydrogen (secondary N) is 2. The zero-order valence-electron chi connectivity index (χ0n) is 17.8. The number of H-pyrrole nitrogens is 1. The molecule has 0 saturated carbocycles. The molecule has 9 heteroatoms. The van der Waals surface area contributed by atoms with Gasteiger partial charge in [0.05, 0.1) is 32.4 Å². The van der Waals surface area contributed by atoms with E-state index in [0.717, 1.165) is 33.3 Å². The highest BCUT2D eigenvalue weighted by Crippen LogP contribution is 2.26. The molecule has 2 aromatic heterocycles. The van der Waals surface area contributed by atoms with Gasteiger partial charge in [0, 0.05) is 16.5 Å². The van der Waals surface area contributed by atoms with Crippen molar-refractivity contribution in [2.75, 3.05) is 13.7 Å². The average Bonchev–Trinajstić information content (AvgIpc) is 3.48. The fourth-order valence-corrected chi connectivity index (χ4v) is 3.86. The van der Waals surface area contributed by atoms with Crippen LogP contribution in [0.15, 0.2) is 53.9 Å². The van der Waals surface area contributed by atoms with Gasteiger partial charge in [-0.25, -0.2) is 9.97 Å². The van der Waals surface area contributed by atoms with Gasteiger partial charge in [-0.2, -0.15) is 5.10 Å². The second-order valence-corrected chi connectivity index (χ2v) is 7.75. The number of rotatable bonds is 9. The lowest BCUT2D eigenvalue weighted by Gasteiger charge is -2.03. The molecule has 0 atom stereocenters. The van der Waals surface area contributed by atoms with Crippen molar-refractivity contribution in [3.63, 3.8) is 0 Å². The molecule has 164 valence electrons. The van der Waals surface area contributed by atoms with E-state index in [4.69, 9.17) is 9.47 Å². The van der Waals surface area contributed by atoms with Gasteiger partial charge in [-0.3, -0.25) is 9.89 Å². The van der Waals surface area contributed by atoms with Crippen LogP contribution in [0.1, 0.15) is 18.4 Å². The van der Waals surface area contributed by atoms with Crippen LogP contribution in [0.4, 0.5) is 0 Å². The highest BCUT2D eigenvalue weighted by molar-refractivity contribution is 7.13. The SMILES string of the molecule is CCOc1ccc(-c2nc(CC(=O)NCc3nc(-c4ccc(OC)cc4)n[nH]3)cs2)cc1. The molecular formula is C23H23N5O3S. The first kappa shape index (κ1) is 21.5. The smallest absolute Gasteiger partial charge is 0.226 e. The first-order chi connectivity index (χ1) is 15.6. The summed E-state index contributed by atoms with van der Waals surface area (Å²) in [6.45, 7) is 2.85. The van der Waals surface area contributed by atoms with Gasteiger partial charge in [0.25, 0.3) is 0 Å². The summed E-state index contributed by atoms with van der Waals surface area (Å²) in [5.74, 6) is 2.62. The van der Waals surface area contributed by atoms with Crippen molar-refractivity contribution in [3.05, 3.63) is 65.4 Å². The Hall–Kier alpha value is -3.72. The van der Waals surface area contributed by atoms with Crippen LogP contribution in [0.25, 0.3) is 22.0 Å². The third-order valence-corrected chi connectivity index (χ3v) is 5.58. The number of aromatic nitrogens is 4. The van der Waals surface area contributed by atoms with Crippen LogP contribution in [0, 0.1) is 0 Å². The number of hydrogen-bond acceptors (Lipinski definition) is 7. The van der Waals surface area contributed by atoms with Gasteiger partial charge in [0.15, 0.2) is 5.82 Å². The first-order valence-corrected chi connectivity index (χ1v) is 11.0. The van der Waals surface area contributed by atoms with Gasteiger partial charge in [-0.05, 0) is 55.5 Å². The monoisotopic (exact) mass is 449 g/mol. The number of nitrogens with zero attached hydrogens (tertiary/aromatic N) is 3. The largest absolute Gasteiger partial charge is 0.497 e. The van der Waals surface area contributed by atoms with Crippen LogP contribution in [-0.2, 0) is 17.8 Å². The fraction of sp³-hybridized carbons (Fsp3) is 0.217. The first-order valence-electron chi connectivity index (χ1n) is 10.1. The molecule has 0 radical (unpaired) electrons. The maximum atomic E-state index is 12.4. The molecule has 0 bridgehead atoms. The Morgan fingerprint density at radius 3 is 2.47 bits per heavy atom. The van der Waals surface area contributed by atoms with Gasteiger partial charge in [0.2, 0.25) is 5.91 Å². The third kappa shape index (κ3) is 5.30. The zero-order chi connectivity index (χ0) is 22.3. The molecule has 32 heavy (non-hydrogen) atoms. The molecule has 0 aliphatic rings. The van der Waals surface area contributed by atoms with E-state index in [9.17, 15) is 4.79 Å². The number of ether oxygens (including phenoxy) is 2. The van der Waals surface area contributed by atoms with E-state index in [1.54, 1.807) is 7.11 Å². The number of carbonyl (C=O) groups is 1. The van der Waals surface area contributed by atoms with Crippen molar-refractivity contribution in [1.29, 1.82) is 0 Å². The Morgan fingerprint density at radius 1 is 1.03 bits per heavy atom. The molecule has 0 aliphatic heterocycles. The van der Waals surface area contributed by atoms with Gasteiger partial charge < -0.3 is 14.8 Å². The van der Waals surface area contributed by atoms with Gasteiger partial charge in [-0.15, -0.1) is 11.3 Å². The van der Waals surface area contributed by atoms with Gasteiger partial charge in [-0.1, -0.05) is 0 Å². The Balaban J connectivity index is 1.30. The topological polar surface area (TPSA) is 102 Å². The lowest BCUT2D eigenvalue weighted by atomic mass is 10.2. The highest BCUT2D eigenvalue weighted by Gasteiger charge is 2.11. The molecule has 2 heterocycles. The molecule has 2 aromatic carbocycles. The molecular weight excluding hydrogens is 426 g/mol. The molecule has 0 fully saturated rings. The maximum absolute atomic E-state index is 12.4. The second-order valence-electron chi connectivity index (χ2n) is 6.89. The molecule has 0 unspecified atom stereocenters. The van der Waals surface area contributed by atoms with Crippen LogP contribution in [0.5, 0.6) is 11.5 Å². The van der Waals surface area contributed by atoms with E-state index in [1.807, 2.05) is 60.8 Å². The number of aromatic amines is 1. The predicted molar refractivity (Wildman–Crippen MR) is 123 cm³/mol. The van der Waals surface area contributed by atoms with E-state index in [1.165, 1.54) is 11.3 Å². The van der Waals surface area contributed by atoms with E-state index >= 15 is 0 Å². The molecule has 4 aromatic rings. The summed E-state index contributed by atoms with van der Waals surface area (Å²) in [5, 5.41) is 12.7. The summed E-state index contributed by atoms with van der Waals surface area (Å²) in [6.07, 6.45) is 0.201. The number of benzene rings is 2. The standard InChI is InChI=1S/C23H23N5O3S/c1-3-31-19-10-6-16(7-11-19)23-25-17(14-32-23)12-21(29)24-13-20-26-22(28-27-20)15-4-8-18(30-2)9-5-15/h4-11,14H,3,12-13H2,1-2H3,(H,24,29)(H,26,27,28). The number of methoxy groups -OCH3 is 1. The Labute approximate surface area is 189 Å². The summed E-state index contributed by atoms with van der Waals surface area (Å²) in [5.41, 5.74) is 2.59. The quantitative estimate of drug-likeness (QED) is 0.402. The molecule has 2 N–H and O–H groups in total. The minimum absolute atomic E-state index is 0.129. The molecule has 0 spiro atoms. The summed E-state index contributed by atoms with van der Waals surface area (Å²) in [7, 11) is 1.62. The van der Waals surface area contributed by atoms with Crippen LogP contribution in [0.3, 0.4) is 0 Å². The van der Waals surface area contributed by atoms with E-state index in [-0.39, 0.29) is 18.9 Å². The van der Waals surface area contributed by atoms with Crippen LogP contribution in [-0.4, -0.2) is 39.8 Å². The van der Waals surface area contributed by atoms with Crippen LogP contribution >= 0.6 is 11.3 Å². The Bertz CT molecular complexity index is 1170.